The molecule has 1 aromatic heterocycles. The monoisotopic (exact) mass is 370 g/mol. The van der Waals surface area contributed by atoms with E-state index in [1.165, 1.54) is 0 Å². The Kier molecular flexibility index (Phi) is 4.55. The number of nitrogens with one attached hydrogen (secondary N) is 2. The van der Waals surface area contributed by atoms with Crippen LogP contribution in [-0.2, 0) is 11.3 Å². The van der Waals surface area contributed by atoms with Gasteiger partial charge in [-0.1, -0.05) is 18.2 Å². The largest absolute Gasteiger partial charge is 0.467 e. The molecule has 26 heavy (non-hydrogen) atoms. The van der Waals surface area contributed by atoms with Crippen molar-refractivity contribution in [3.63, 3.8) is 0 Å². The highest BCUT2D eigenvalue weighted by molar-refractivity contribution is 7.80. The van der Waals surface area contributed by atoms with Crippen LogP contribution in [0.2, 0.25) is 0 Å². The molecule has 1 aromatic carbocycles. The lowest BCUT2D eigenvalue weighted by Crippen LogP contribution is -2.58. The van der Waals surface area contributed by atoms with Crippen molar-refractivity contribution in [2.24, 2.45) is 0 Å². The molecule has 1 amide bonds. The van der Waals surface area contributed by atoms with E-state index in [1.807, 2.05) is 30.3 Å². The molecule has 6 nitrogen and oxygen atoms in total. The van der Waals surface area contributed by atoms with Gasteiger partial charge in [0, 0.05) is 18.8 Å². The molecule has 3 heterocycles. The molecule has 0 unspecified atom stereocenters. The van der Waals surface area contributed by atoms with Crippen LogP contribution in [0.4, 0.5) is 5.69 Å². The topological polar surface area (TPSA) is 60.8 Å². The zero-order valence-electron chi connectivity index (χ0n) is 14.5. The number of carbonyl (C=O) groups is 1. The lowest BCUT2D eigenvalue weighted by molar-refractivity contribution is -0.124. The molecule has 0 radical (unpaired) electrons. The van der Waals surface area contributed by atoms with Gasteiger partial charge >= 0.3 is 0 Å². The second-order valence-corrected chi connectivity index (χ2v) is 7.07. The molecule has 7 heteroatoms. The summed E-state index contributed by atoms with van der Waals surface area (Å²) >= 11 is 5.52. The summed E-state index contributed by atoms with van der Waals surface area (Å²) < 4.78 is 5.32. The summed E-state index contributed by atoms with van der Waals surface area (Å²) in [6.07, 6.45) is 3.15. The van der Waals surface area contributed by atoms with Gasteiger partial charge < -0.3 is 24.9 Å². The number of benzene rings is 1. The Morgan fingerprint density at radius 3 is 2.65 bits per heavy atom. The Balaban J connectivity index is 1.41. The molecule has 0 bridgehead atoms. The number of para-hydroxylation sites is 1. The van der Waals surface area contributed by atoms with Crippen molar-refractivity contribution in [3.05, 3.63) is 54.5 Å². The Morgan fingerprint density at radius 2 is 1.96 bits per heavy atom. The average molecular weight is 370 g/mol. The molecule has 0 atom stereocenters. The van der Waals surface area contributed by atoms with Gasteiger partial charge in [0.05, 0.1) is 19.5 Å². The van der Waals surface area contributed by atoms with Crippen molar-refractivity contribution in [1.82, 2.24) is 15.5 Å². The van der Waals surface area contributed by atoms with E-state index in [-0.39, 0.29) is 5.91 Å². The van der Waals surface area contributed by atoms with E-state index in [0.717, 1.165) is 37.4 Å². The summed E-state index contributed by atoms with van der Waals surface area (Å²) in [7, 11) is 0. The highest BCUT2D eigenvalue weighted by Crippen LogP contribution is 2.36. The van der Waals surface area contributed by atoms with E-state index >= 15 is 0 Å². The number of hydrogen-bond donors (Lipinski definition) is 2. The van der Waals surface area contributed by atoms with Gasteiger partial charge in [-0.3, -0.25) is 4.79 Å². The van der Waals surface area contributed by atoms with Crippen LogP contribution in [-0.4, -0.2) is 41.2 Å². The Bertz CT molecular complexity index is 770. The first-order valence-corrected chi connectivity index (χ1v) is 9.26. The molecular formula is C19H22N4O2S. The second-order valence-electron chi connectivity index (χ2n) is 6.68. The first-order chi connectivity index (χ1) is 12.7. The Hall–Kier alpha value is -2.54. The number of thiocarbonyl (C=S) groups is 1. The van der Waals surface area contributed by atoms with Gasteiger partial charge in [-0.25, -0.2) is 0 Å². The summed E-state index contributed by atoms with van der Waals surface area (Å²) in [4.78, 5) is 17.0. The van der Waals surface area contributed by atoms with Gasteiger partial charge in [-0.15, -0.1) is 0 Å². The number of anilines is 1. The van der Waals surface area contributed by atoms with Crippen LogP contribution >= 0.6 is 12.2 Å². The third kappa shape index (κ3) is 3.03. The number of likely N-dealkylation sites (tertiary alicyclic amines) is 1. The van der Waals surface area contributed by atoms with E-state index in [4.69, 9.17) is 16.6 Å². The summed E-state index contributed by atoms with van der Waals surface area (Å²) in [6.45, 7) is 2.63. The van der Waals surface area contributed by atoms with Gasteiger partial charge in [0.15, 0.2) is 5.11 Å². The normalized spacial score (nSPS) is 18.8. The molecule has 2 aliphatic rings. The van der Waals surface area contributed by atoms with Gasteiger partial charge in [-0.2, -0.15) is 0 Å². The predicted molar refractivity (Wildman–Crippen MR) is 104 cm³/mol. The standard InChI is InChI=1S/C19H22N4O2S/c24-17-19(23(14-21-17)15-5-2-1-3-6-15)8-10-22(11-9-19)18(26)20-13-16-7-4-12-25-16/h1-7,12H,8-11,13-14H2,(H,20,26)(H,21,24). The van der Waals surface area contributed by atoms with Crippen LogP contribution in [0.5, 0.6) is 0 Å². The fourth-order valence-corrected chi connectivity index (χ4v) is 4.05. The van der Waals surface area contributed by atoms with Crippen LogP contribution in [0.1, 0.15) is 18.6 Å². The lowest BCUT2D eigenvalue weighted by atomic mass is 9.86. The Morgan fingerprint density at radius 1 is 1.19 bits per heavy atom. The molecule has 2 aliphatic heterocycles. The molecule has 0 saturated carbocycles. The SMILES string of the molecule is O=C1NCN(c2ccccc2)C12CCN(C(=S)NCc1ccco1)CC2. The number of furan rings is 1. The second kappa shape index (κ2) is 6.99. The van der Waals surface area contributed by atoms with Gasteiger partial charge in [0.1, 0.15) is 11.3 Å². The Labute approximate surface area is 158 Å². The van der Waals surface area contributed by atoms with E-state index in [1.54, 1.807) is 6.26 Å². The van der Waals surface area contributed by atoms with Crippen LogP contribution in [0, 0.1) is 0 Å². The van der Waals surface area contributed by atoms with Crippen molar-refractivity contribution < 1.29 is 9.21 Å². The summed E-state index contributed by atoms with van der Waals surface area (Å²) in [5, 5.41) is 6.97. The van der Waals surface area contributed by atoms with Crippen LogP contribution < -0.4 is 15.5 Å². The number of hydrogen-bond acceptors (Lipinski definition) is 4. The van der Waals surface area contributed by atoms with E-state index in [2.05, 4.69) is 32.6 Å². The molecule has 2 aromatic rings. The van der Waals surface area contributed by atoms with Crippen molar-refractivity contribution in [2.75, 3.05) is 24.7 Å². The molecule has 2 saturated heterocycles. The fraction of sp³-hybridized carbons (Fsp3) is 0.368. The summed E-state index contributed by atoms with van der Waals surface area (Å²) in [5.41, 5.74) is 0.604. The maximum absolute atomic E-state index is 12.7. The van der Waals surface area contributed by atoms with Crippen LogP contribution in [0.15, 0.2) is 53.1 Å². The number of nitrogens with zero attached hydrogens (tertiary/aromatic N) is 2. The van der Waals surface area contributed by atoms with Crippen LogP contribution in [0.3, 0.4) is 0 Å². The molecule has 4 rings (SSSR count). The maximum atomic E-state index is 12.7. The molecular weight excluding hydrogens is 348 g/mol. The number of rotatable bonds is 3. The highest BCUT2D eigenvalue weighted by atomic mass is 32.1. The molecule has 2 fully saturated rings. The minimum Gasteiger partial charge on any atom is -0.467 e. The summed E-state index contributed by atoms with van der Waals surface area (Å²) in [6, 6.07) is 13.9. The van der Waals surface area contributed by atoms with E-state index in [9.17, 15) is 4.79 Å². The average Bonchev–Trinajstić information content (AvgIpc) is 3.30. The zero-order chi connectivity index (χ0) is 18.0. The first kappa shape index (κ1) is 16.9. The molecule has 1 spiro atoms. The van der Waals surface area contributed by atoms with Crippen molar-refractivity contribution >= 4 is 28.9 Å². The molecule has 136 valence electrons. The van der Waals surface area contributed by atoms with Gasteiger partial charge in [-0.05, 0) is 49.3 Å². The van der Waals surface area contributed by atoms with E-state index in [0.29, 0.717) is 18.3 Å². The van der Waals surface area contributed by atoms with Gasteiger partial charge in [0.25, 0.3) is 0 Å². The third-order valence-corrected chi connectivity index (χ3v) is 5.68. The minimum atomic E-state index is -0.478. The zero-order valence-corrected chi connectivity index (χ0v) is 15.3. The van der Waals surface area contributed by atoms with Gasteiger partial charge in [0.2, 0.25) is 5.91 Å². The highest BCUT2D eigenvalue weighted by Gasteiger charge is 2.50. The predicted octanol–water partition coefficient (Wildman–Crippen LogP) is 2.08. The molecule has 0 aliphatic carbocycles. The molecule has 2 N–H and O–H groups in total. The van der Waals surface area contributed by atoms with Crippen molar-refractivity contribution in [2.45, 2.75) is 24.9 Å². The minimum absolute atomic E-state index is 0.121. The summed E-state index contributed by atoms with van der Waals surface area (Å²) in [5.74, 6) is 0.974. The number of amides is 1. The quantitative estimate of drug-likeness (QED) is 0.807. The third-order valence-electron chi connectivity index (χ3n) is 5.28. The number of piperidine rings is 1. The smallest absolute Gasteiger partial charge is 0.247 e. The van der Waals surface area contributed by atoms with Crippen molar-refractivity contribution in [3.8, 4) is 0 Å². The number of carbonyl (C=O) groups excluding carboxylic acids is 1. The first-order valence-electron chi connectivity index (χ1n) is 8.85. The van der Waals surface area contributed by atoms with Crippen LogP contribution in [0.25, 0.3) is 0 Å². The van der Waals surface area contributed by atoms with E-state index < -0.39 is 5.54 Å². The lowest BCUT2D eigenvalue weighted by Gasteiger charge is -2.44. The maximum Gasteiger partial charge on any atom is 0.247 e. The fourth-order valence-electron chi connectivity index (χ4n) is 3.80. The van der Waals surface area contributed by atoms with Crippen molar-refractivity contribution in [1.29, 1.82) is 0 Å².